The molecule has 8 heteroatoms. The molecule has 0 radical (unpaired) electrons. The van der Waals surface area contributed by atoms with Gasteiger partial charge in [-0.05, 0) is 51.1 Å². The molecule has 3 heterocycles. The van der Waals surface area contributed by atoms with E-state index >= 15 is 0 Å². The summed E-state index contributed by atoms with van der Waals surface area (Å²) >= 11 is 1.90. The van der Waals surface area contributed by atoms with Crippen LogP contribution >= 0.6 is 35.3 Å². The zero-order valence-corrected chi connectivity index (χ0v) is 21.5. The van der Waals surface area contributed by atoms with Crippen molar-refractivity contribution in [2.24, 2.45) is 4.99 Å². The highest BCUT2D eigenvalue weighted by molar-refractivity contribution is 14.0. The molecule has 6 nitrogen and oxygen atoms in total. The maximum Gasteiger partial charge on any atom is 0.191 e. The van der Waals surface area contributed by atoms with E-state index in [9.17, 15) is 0 Å². The number of hydrogen-bond acceptors (Lipinski definition) is 5. The quantitative estimate of drug-likeness (QED) is 0.320. The first kappa shape index (κ1) is 24.8. The van der Waals surface area contributed by atoms with E-state index in [1.807, 2.05) is 11.3 Å². The first-order valence-electron chi connectivity index (χ1n) is 10.6. The molecule has 0 aromatic carbocycles. The van der Waals surface area contributed by atoms with Crippen LogP contribution in [-0.2, 0) is 17.7 Å². The normalized spacial score (nSPS) is 19.9. The Morgan fingerprint density at radius 2 is 2.03 bits per heavy atom. The van der Waals surface area contributed by atoms with Crippen LogP contribution in [0.15, 0.2) is 16.4 Å². The smallest absolute Gasteiger partial charge is 0.191 e. The first-order chi connectivity index (χ1) is 13.5. The number of nitrogens with zero attached hydrogens (tertiary/aromatic N) is 3. The summed E-state index contributed by atoms with van der Waals surface area (Å²) in [4.78, 5) is 11.5. The second-order valence-corrected chi connectivity index (χ2v) is 9.43. The molecule has 166 valence electrons. The van der Waals surface area contributed by atoms with Gasteiger partial charge in [0.2, 0.25) is 0 Å². The van der Waals surface area contributed by atoms with Crippen molar-refractivity contribution in [1.29, 1.82) is 0 Å². The standard InChI is InChI=1S/C21H37N5OS.HI/c1-5-22-20(24-16-21(3,4)26-9-11-27-12-10-26)23-14-17(2)25-8-6-19-18(15-25)7-13-28-19;/h7,13,17H,5-6,8-12,14-16H2,1-4H3,(H2,22,23,24);1H. The summed E-state index contributed by atoms with van der Waals surface area (Å²) in [5, 5.41) is 9.20. The summed E-state index contributed by atoms with van der Waals surface area (Å²) in [5.41, 5.74) is 1.55. The van der Waals surface area contributed by atoms with E-state index in [0.29, 0.717) is 6.04 Å². The second kappa shape index (κ2) is 11.8. The molecular formula is C21H38IN5OS. The Hall–Kier alpha value is -0.420. The Bertz CT molecular complexity index is 645. The number of fused-ring (bicyclic) bond motifs is 1. The van der Waals surface area contributed by atoms with Gasteiger partial charge in [0.1, 0.15) is 0 Å². The van der Waals surface area contributed by atoms with E-state index in [0.717, 1.165) is 65.0 Å². The first-order valence-corrected chi connectivity index (χ1v) is 11.5. The molecule has 1 saturated heterocycles. The highest BCUT2D eigenvalue weighted by Gasteiger charge is 2.28. The van der Waals surface area contributed by atoms with Gasteiger partial charge in [-0.1, -0.05) is 0 Å². The van der Waals surface area contributed by atoms with Crippen molar-refractivity contribution in [1.82, 2.24) is 20.4 Å². The lowest BCUT2D eigenvalue weighted by molar-refractivity contribution is -0.00684. The van der Waals surface area contributed by atoms with Crippen LogP contribution in [0.2, 0.25) is 0 Å². The lowest BCUT2D eigenvalue weighted by Gasteiger charge is -2.40. The number of aliphatic imine (C=N–C) groups is 1. The Morgan fingerprint density at radius 3 is 2.76 bits per heavy atom. The van der Waals surface area contributed by atoms with Gasteiger partial charge in [0, 0.05) is 55.7 Å². The molecule has 29 heavy (non-hydrogen) atoms. The molecule has 1 fully saturated rings. The monoisotopic (exact) mass is 535 g/mol. The number of hydrogen-bond donors (Lipinski definition) is 2. The van der Waals surface area contributed by atoms with Gasteiger partial charge in [0.15, 0.2) is 5.96 Å². The van der Waals surface area contributed by atoms with Gasteiger partial charge >= 0.3 is 0 Å². The number of halogens is 1. The van der Waals surface area contributed by atoms with Crippen molar-refractivity contribution in [3.63, 3.8) is 0 Å². The molecule has 2 aliphatic rings. The van der Waals surface area contributed by atoms with Gasteiger partial charge in [-0.15, -0.1) is 35.3 Å². The molecule has 0 spiro atoms. The van der Waals surface area contributed by atoms with Crippen LogP contribution in [0.25, 0.3) is 0 Å². The summed E-state index contributed by atoms with van der Waals surface area (Å²) in [7, 11) is 0. The van der Waals surface area contributed by atoms with E-state index in [1.54, 1.807) is 4.88 Å². The Balaban J connectivity index is 0.00000300. The lowest BCUT2D eigenvalue weighted by atomic mass is 10.0. The highest BCUT2D eigenvalue weighted by atomic mass is 127. The molecule has 2 aliphatic heterocycles. The number of morpholine rings is 1. The van der Waals surface area contributed by atoms with E-state index in [4.69, 9.17) is 9.73 Å². The van der Waals surface area contributed by atoms with Gasteiger partial charge in [-0.25, -0.2) is 0 Å². The number of ether oxygens (including phenoxy) is 1. The van der Waals surface area contributed by atoms with Crippen molar-refractivity contribution in [3.8, 4) is 0 Å². The van der Waals surface area contributed by atoms with Crippen LogP contribution in [0.1, 0.15) is 38.1 Å². The third kappa shape index (κ3) is 7.05. The van der Waals surface area contributed by atoms with Crippen LogP contribution in [0.5, 0.6) is 0 Å². The predicted octanol–water partition coefficient (Wildman–Crippen LogP) is 2.78. The molecule has 0 bridgehead atoms. The molecule has 0 aliphatic carbocycles. The summed E-state index contributed by atoms with van der Waals surface area (Å²) in [5.74, 6) is 0.920. The molecule has 1 unspecified atom stereocenters. The second-order valence-electron chi connectivity index (χ2n) is 8.43. The van der Waals surface area contributed by atoms with Gasteiger partial charge in [-0.3, -0.25) is 14.8 Å². The van der Waals surface area contributed by atoms with Crippen molar-refractivity contribution in [2.75, 3.05) is 52.5 Å². The molecule has 1 aromatic heterocycles. The maximum atomic E-state index is 5.49. The number of guanidine groups is 1. The third-order valence-corrected chi connectivity index (χ3v) is 6.88. The summed E-state index contributed by atoms with van der Waals surface area (Å²) in [6.07, 6.45) is 1.18. The lowest BCUT2D eigenvalue weighted by Crippen LogP contribution is -2.52. The number of rotatable bonds is 7. The maximum absolute atomic E-state index is 5.49. The minimum atomic E-state index is 0. The van der Waals surface area contributed by atoms with Gasteiger partial charge in [0.05, 0.1) is 19.8 Å². The van der Waals surface area contributed by atoms with Gasteiger partial charge in [-0.2, -0.15) is 0 Å². The molecule has 0 saturated carbocycles. The fourth-order valence-electron chi connectivity index (χ4n) is 3.90. The zero-order valence-electron chi connectivity index (χ0n) is 18.4. The molecule has 1 aromatic rings. The molecular weight excluding hydrogens is 497 g/mol. The summed E-state index contributed by atoms with van der Waals surface area (Å²) < 4.78 is 5.49. The Morgan fingerprint density at radius 1 is 1.28 bits per heavy atom. The minimum absolute atomic E-state index is 0. The van der Waals surface area contributed by atoms with Crippen molar-refractivity contribution < 1.29 is 4.74 Å². The molecule has 1 atom stereocenters. The number of thiophene rings is 1. The SMILES string of the molecule is CCNC(=NCC(C)(C)N1CCOCC1)NCC(C)N1CCc2sccc2C1.I. The van der Waals surface area contributed by atoms with Crippen LogP contribution < -0.4 is 10.6 Å². The fourth-order valence-corrected chi connectivity index (χ4v) is 4.79. The van der Waals surface area contributed by atoms with E-state index < -0.39 is 0 Å². The van der Waals surface area contributed by atoms with Gasteiger partial charge in [0.25, 0.3) is 0 Å². The average Bonchev–Trinajstić information content (AvgIpc) is 3.18. The summed E-state index contributed by atoms with van der Waals surface area (Å²) in [6.45, 7) is 17.4. The molecule has 0 amide bonds. The Kier molecular flexibility index (Phi) is 10.1. The van der Waals surface area contributed by atoms with Crippen LogP contribution in [0.3, 0.4) is 0 Å². The summed E-state index contributed by atoms with van der Waals surface area (Å²) in [6, 6.07) is 2.76. The Labute approximate surface area is 197 Å². The van der Waals surface area contributed by atoms with Crippen LogP contribution in [0, 0.1) is 0 Å². The molecule has 3 rings (SSSR count). The third-order valence-electron chi connectivity index (χ3n) is 5.86. The fraction of sp³-hybridized carbons (Fsp3) is 0.762. The molecule has 2 N–H and O–H groups in total. The van der Waals surface area contributed by atoms with Crippen LogP contribution in [0.4, 0.5) is 0 Å². The number of nitrogens with one attached hydrogen (secondary N) is 2. The van der Waals surface area contributed by atoms with E-state index in [-0.39, 0.29) is 29.5 Å². The van der Waals surface area contributed by atoms with Crippen molar-refractivity contribution in [3.05, 3.63) is 21.9 Å². The topological polar surface area (TPSA) is 52.1 Å². The zero-order chi connectivity index (χ0) is 20.0. The average molecular weight is 536 g/mol. The minimum Gasteiger partial charge on any atom is -0.379 e. The van der Waals surface area contributed by atoms with Gasteiger partial charge < -0.3 is 15.4 Å². The largest absolute Gasteiger partial charge is 0.379 e. The highest BCUT2D eigenvalue weighted by Crippen LogP contribution is 2.25. The van der Waals surface area contributed by atoms with E-state index in [2.05, 4.69) is 59.6 Å². The predicted molar refractivity (Wildman–Crippen MR) is 134 cm³/mol. The van der Waals surface area contributed by atoms with Crippen molar-refractivity contribution in [2.45, 2.75) is 52.2 Å². The van der Waals surface area contributed by atoms with Crippen LogP contribution in [-0.4, -0.2) is 79.8 Å². The van der Waals surface area contributed by atoms with E-state index in [1.165, 1.54) is 12.0 Å². The van der Waals surface area contributed by atoms with Crippen molar-refractivity contribution >= 4 is 41.3 Å².